The SMILES string of the molecule is Cc1c(-c2ccc3c(c2)CN(C2CC2)C3=O)nnn1-c1cccnc1F. The summed E-state index contributed by atoms with van der Waals surface area (Å²) < 4.78 is 15.4. The maximum absolute atomic E-state index is 14.0. The van der Waals surface area contributed by atoms with Gasteiger partial charge in [0, 0.05) is 29.9 Å². The highest BCUT2D eigenvalue weighted by molar-refractivity contribution is 5.99. The highest BCUT2D eigenvalue weighted by atomic mass is 19.1. The van der Waals surface area contributed by atoms with Crippen LogP contribution in [0.1, 0.15) is 34.5 Å². The van der Waals surface area contributed by atoms with Crippen LogP contribution in [0.3, 0.4) is 0 Å². The van der Waals surface area contributed by atoms with Crippen molar-refractivity contribution in [2.75, 3.05) is 0 Å². The molecule has 1 fully saturated rings. The van der Waals surface area contributed by atoms with E-state index in [1.165, 1.54) is 10.9 Å². The summed E-state index contributed by atoms with van der Waals surface area (Å²) in [6, 6.07) is 9.41. The van der Waals surface area contributed by atoms with Crippen molar-refractivity contribution in [1.29, 1.82) is 0 Å². The number of carbonyl (C=O) groups excluding carboxylic acids is 1. The number of hydrogen-bond donors (Lipinski definition) is 0. The molecule has 0 spiro atoms. The van der Waals surface area contributed by atoms with Gasteiger partial charge in [0.1, 0.15) is 11.4 Å². The third kappa shape index (κ3) is 2.23. The lowest BCUT2D eigenvalue weighted by molar-refractivity contribution is 0.0766. The van der Waals surface area contributed by atoms with Crippen molar-refractivity contribution in [3.05, 3.63) is 59.3 Å². The van der Waals surface area contributed by atoms with E-state index in [0.29, 0.717) is 18.3 Å². The maximum Gasteiger partial charge on any atom is 0.254 e. The zero-order valence-corrected chi connectivity index (χ0v) is 14.2. The molecule has 5 rings (SSSR count). The van der Waals surface area contributed by atoms with E-state index in [4.69, 9.17) is 0 Å². The van der Waals surface area contributed by atoms with Gasteiger partial charge in [-0.2, -0.15) is 4.39 Å². The number of hydrogen-bond acceptors (Lipinski definition) is 4. The molecule has 7 heteroatoms. The second-order valence-electron chi connectivity index (χ2n) is 6.78. The summed E-state index contributed by atoms with van der Waals surface area (Å²) in [5, 5.41) is 8.33. The van der Waals surface area contributed by atoms with Gasteiger partial charge >= 0.3 is 0 Å². The predicted octanol–water partition coefficient (Wildman–Crippen LogP) is 2.90. The lowest BCUT2D eigenvalue weighted by Crippen LogP contribution is -2.25. The van der Waals surface area contributed by atoms with Gasteiger partial charge in [0.2, 0.25) is 5.95 Å². The first-order valence-electron chi connectivity index (χ1n) is 8.61. The van der Waals surface area contributed by atoms with E-state index < -0.39 is 5.95 Å². The highest BCUT2D eigenvalue weighted by Crippen LogP contribution is 2.36. The fourth-order valence-corrected chi connectivity index (χ4v) is 3.53. The van der Waals surface area contributed by atoms with Gasteiger partial charge in [-0.15, -0.1) is 5.10 Å². The molecule has 1 aromatic carbocycles. The van der Waals surface area contributed by atoms with E-state index in [-0.39, 0.29) is 11.6 Å². The van der Waals surface area contributed by atoms with Crippen LogP contribution in [0.4, 0.5) is 4.39 Å². The molecule has 2 aliphatic rings. The number of benzene rings is 1. The van der Waals surface area contributed by atoms with E-state index in [9.17, 15) is 9.18 Å². The number of aromatic nitrogens is 4. The first-order chi connectivity index (χ1) is 12.6. The maximum atomic E-state index is 14.0. The molecule has 130 valence electrons. The van der Waals surface area contributed by atoms with E-state index in [1.54, 1.807) is 12.1 Å². The molecule has 0 bridgehead atoms. The smallest absolute Gasteiger partial charge is 0.254 e. The van der Waals surface area contributed by atoms with Crippen LogP contribution in [-0.2, 0) is 6.54 Å². The quantitative estimate of drug-likeness (QED) is 0.682. The van der Waals surface area contributed by atoms with Crippen LogP contribution in [0.15, 0.2) is 36.5 Å². The van der Waals surface area contributed by atoms with Gasteiger partial charge in [0.15, 0.2) is 0 Å². The van der Waals surface area contributed by atoms with Crippen LogP contribution >= 0.6 is 0 Å². The Hall–Kier alpha value is -3.09. The number of rotatable bonds is 3. The molecule has 0 N–H and O–H groups in total. The third-order valence-corrected chi connectivity index (χ3v) is 5.06. The fourth-order valence-electron chi connectivity index (χ4n) is 3.53. The molecular formula is C19H16FN5O. The Kier molecular flexibility index (Phi) is 3.19. The molecule has 0 atom stereocenters. The minimum Gasteiger partial charge on any atom is -0.331 e. The average molecular weight is 349 g/mol. The lowest BCUT2D eigenvalue weighted by Gasteiger charge is -2.13. The molecule has 1 saturated carbocycles. The van der Waals surface area contributed by atoms with Gasteiger partial charge in [-0.05, 0) is 49.6 Å². The molecule has 1 aliphatic heterocycles. The Bertz CT molecular complexity index is 1040. The molecule has 0 unspecified atom stereocenters. The number of carbonyl (C=O) groups is 1. The lowest BCUT2D eigenvalue weighted by atomic mass is 10.0. The molecule has 3 heterocycles. The number of halogens is 1. The molecule has 26 heavy (non-hydrogen) atoms. The predicted molar refractivity (Wildman–Crippen MR) is 92.2 cm³/mol. The van der Waals surface area contributed by atoms with Crippen molar-refractivity contribution in [1.82, 2.24) is 24.9 Å². The Balaban J connectivity index is 1.53. The van der Waals surface area contributed by atoms with E-state index in [1.807, 2.05) is 30.0 Å². The van der Waals surface area contributed by atoms with E-state index in [0.717, 1.165) is 35.2 Å². The van der Waals surface area contributed by atoms with Gasteiger partial charge in [0.05, 0.1) is 5.69 Å². The molecule has 1 aliphatic carbocycles. The molecule has 1 amide bonds. The Morgan fingerprint density at radius 3 is 2.85 bits per heavy atom. The highest BCUT2D eigenvalue weighted by Gasteiger charge is 2.38. The van der Waals surface area contributed by atoms with Crippen molar-refractivity contribution in [2.45, 2.75) is 32.4 Å². The van der Waals surface area contributed by atoms with Gasteiger partial charge in [-0.3, -0.25) is 4.79 Å². The molecule has 3 aromatic rings. The van der Waals surface area contributed by atoms with Crippen molar-refractivity contribution in [2.24, 2.45) is 0 Å². The van der Waals surface area contributed by atoms with Gasteiger partial charge < -0.3 is 4.90 Å². The second-order valence-corrected chi connectivity index (χ2v) is 6.78. The zero-order valence-electron chi connectivity index (χ0n) is 14.2. The number of nitrogens with zero attached hydrogens (tertiary/aromatic N) is 5. The first kappa shape index (κ1) is 15.2. The first-order valence-corrected chi connectivity index (χ1v) is 8.61. The van der Waals surface area contributed by atoms with Crippen LogP contribution in [0.5, 0.6) is 0 Å². The number of amides is 1. The van der Waals surface area contributed by atoms with Crippen molar-refractivity contribution in [3.8, 4) is 16.9 Å². The van der Waals surface area contributed by atoms with Gasteiger partial charge in [0.25, 0.3) is 5.91 Å². The summed E-state index contributed by atoms with van der Waals surface area (Å²) in [7, 11) is 0. The minimum atomic E-state index is -0.591. The summed E-state index contributed by atoms with van der Waals surface area (Å²) in [4.78, 5) is 18.1. The topological polar surface area (TPSA) is 63.9 Å². The molecular weight excluding hydrogens is 333 g/mol. The second kappa shape index (κ2) is 5.45. The van der Waals surface area contributed by atoms with Crippen LogP contribution < -0.4 is 0 Å². The monoisotopic (exact) mass is 349 g/mol. The van der Waals surface area contributed by atoms with E-state index >= 15 is 0 Å². The summed E-state index contributed by atoms with van der Waals surface area (Å²) in [6.45, 7) is 2.49. The largest absolute Gasteiger partial charge is 0.331 e. The molecule has 2 aromatic heterocycles. The van der Waals surface area contributed by atoms with E-state index in [2.05, 4.69) is 15.3 Å². The zero-order chi connectivity index (χ0) is 17.8. The van der Waals surface area contributed by atoms with Crippen LogP contribution in [0, 0.1) is 12.9 Å². The Morgan fingerprint density at radius 1 is 1.23 bits per heavy atom. The van der Waals surface area contributed by atoms with Gasteiger partial charge in [-0.25, -0.2) is 9.67 Å². The van der Waals surface area contributed by atoms with Crippen molar-refractivity contribution < 1.29 is 9.18 Å². The third-order valence-electron chi connectivity index (χ3n) is 5.06. The summed E-state index contributed by atoms with van der Waals surface area (Å²) in [5.41, 5.74) is 4.32. The van der Waals surface area contributed by atoms with Crippen molar-refractivity contribution >= 4 is 5.91 Å². The fraction of sp³-hybridized carbons (Fsp3) is 0.263. The summed E-state index contributed by atoms with van der Waals surface area (Å²) in [5.74, 6) is -0.474. The average Bonchev–Trinajstić information content (AvgIpc) is 3.34. The number of fused-ring (bicyclic) bond motifs is 1. The summed E-state index contributed by atoms with van der Waals surface area (Å²) in [6.07, 6.45) is 3.59. The normalized spacial score (nSPS) is 16.2. The van der Waals surface area contributed by atoms with Crippen molar-refractivity contribution in [3.63, 3.8) is 0 Å². The summed E-state index contributed by atoms with van der Waals surface area (Å²) >= 11 is 0. The number of pyridine rings is 1. The van der Waals surface area contributed by atoms with Gasteiger partial charge in [-0.1, -0.05) is 11.3 Å². The molecule has 0 saturated heterocycles. The van der Waals surface area contributed by atoms with Crippen LogP contribution in [-0.4, -0.2) is 36.8 Å². The minimum absolute atomic E-state index is 0.117. The molecule has 6 nitrogen and oxygen atoms in total. The van der Waals surface area contributed by atoms with Crippen LogP contribution in [0.2, 0.25) is 0 Å². The van der Waals surface area contributed by atoms with Crippen LogP contribution in [0.25, 0.3) is 16.9 Å². The Labute approximate surface area is 149 Å². The standard InChI is InChI=1S/C19H16FN5O/c1-11-17(22-23-25(11)16-3-2-8-21-18(16)20)12-4-7-15-13(9-12)10-24(19(15)26)14-5-6-14/h2-4,7-9,14H,5-6,10H2,1H3. The Morgan fingerprint density at radius 2 is 2.08 bits per heavy atom. The molecule has 0 radical (unpaired) electrons.